The first-order valence-corrected chi connectivity index (χ1v) is 4.14. The number of benzene rings is 1. The van der Waals surface area contributed by atoms with Crippen molar-refractivity contribution in [1.82, 2.24) is 0 Å². The minimum atomic E-state index is -1.07. The molecule has 0 aromatic heterocycles. The Bertz CT molecular complexity index is 348. The molecule has 13 heavy (non-hydrogen) atoms. The molecule has 0 heterocycles. The number of methoxy groups -OCH3 is 1. The second-order valence-corrected chi connectivity index (χ2v) is 2.89. The minimum absolute atomic E-state index is 0.0558. The number of rotatable bonds is 3. The summed E-state index contributed by atoms with van der Waals surface area (Å²) in [5.41, 5.74) is 0.0558. The molecule has 5 heteroatoms. The van der Waals surface area contributed by atoms with E-state index < -0.39 is 5.97 Å². The van der Waals surface area contributed by atoms with Gasteiger partial charge in [0.15, 0.2) is 0 Å². The average Bonchev–Trinajstić information content (AvgIpc) is 2.16. The van der Waals surface area contributed by atoms with Crippen molar-refractivity contribution in [2.75, 3.05) is 7.11 Å². The van der Waals surface area contributed by atoms with Crippen molar-refractivity contribution in [1.29, 1.82) is 0 Å². The van der Waals surface area contributed by atoms with Gasteiger partial charge in [0, 0.05) is 10.3 Å². The average molecular weight is 199 g/mol. The van der Waals surface area contributed by atoms with Crippen LogP contribution in [0.25, 0.3) is 0 Å². The molecule has 0 saturated carbocycles. The van der Waals surface area contributed by atoms with E-state index in [2.05, 4.69) is 0 Å². The van der Waals surface area contributed by atoms with E-state index in [1.54, 1.807) is 0 Å². The summed E-state index contributed by atoms with van der Waals surface area (Å²) in [6, 6.07) is 4.20. The highest BCUT2D eigenvalue weighted by Gasteiger charge is 2.15. The van der Waals surface area contributed by atoms with E-state index in [0.717, 1.165) is 0 Å². The highest BCUT2D eigenvalue weighted by atomic mass is 32.1. The lowest BCUT2D eigenvalue weighted by molar-refractivity contribution is 0.0693. The van der Waals surface area contributed by atoms with E-state index in [-0.39, 0.29) is 11.3 Å². The number of carboxylic acid groups (broad SMARTS) is 1. The van der Waals surface area contributed by atoms with Gasteiger partial charge in [0.25, 0.3) is 4.90 Å². The molecular weight excluding hydrogens is 192 g/mol. The second-order valence-electron chi connectivity index (χ2n) is 2.25. The number of hydrogen-bond acceptors (Lipinski definition) is 3. The van der Waals surface area contributed by atoms with Crippen LogP contribution in [0.3, 0.4) is 0 Å². The van der Waals surface area contributed by atoms with Crippen LogP contribution in [0.2, 0.25) is 0 Å². The van der Waals surface area contributed by atoms with Crippen molar-refractivity contribution >= 4 is 17.6 Å². The Morgan fingerprint density at radius 1 is 1.54 bits per heavy atom. The van der Waals surface area contributed by atoms with Crippen molar-refractivity contribution in [3.8, 4) is 5.75 Å². The second kappa shape index (κ2) is 3.95. The van der Waals surface area contributed by atoms with Crippen LogP contribution in [0.5, 0.6) is 5.75 Å². The summed E-state index contributed by atoms with van der Waals surface area (Å²) in [4.78, 5) is 11.0. The summed E-state index contributed by atoms with van der Waals surface area (Å²) in [5, 5.41) is 8.70. The molecule has 0 aliphatic carbocycles. The van der Waals surface area contributed by atoms with Crippen molar-refractivity contribution < 1.29 is 18.8 Å². The largest absolute Gasteiger partial charge is 0.505 e. The third-order valence-electron chi connectivity index (χ3n) is 1.50. The highest BCUT2D eigenvalue weighted by molar-refractivity contribution is 7.65. The lowest BCUT2D eigenvalue weighted by Gasteiger charge is -2.01. The zero-order valence-corrected chi connectivity index (χ0v) is 7.63. The Morgan fingerprint density at radius 2 is 2.23 bits per heavy atom. The Morgan fingerprint density at radius 3 is 2.69 bits per heavy atom. The van der Waals surface area contributed by atoms with Crippen LogP contribution in [-0.4, -0.2) is 18.2 Å². The molecule has 0 amide bonds. The molecule has 0 aliphatic heterocycles. The molecule has 4 nitrogen and oxygen atoms in total. The van der Waals surface area contributed by atoms with Gasteiger partial charge in [-0.1, -0.05) is 0 Å². The predicted molar refractivity (Wildman–Crippen MR) is 46.3 cm³/mol. The van der Waals surface area contributed by atoms with E-state index in [9.17, 15) is 9.00 Å². The molecule has 1 N–H and O–H groups in total. The summed E-state index contributed by atoms with van der Waals surface area (Å²) >= 11 is 0.296. The number of carbonyl (C=O) groups is 1. The lowest BCUT2D eigenvalue weighted by atomic mass is 10.2. The molecular formula is C8H7O4S+. The Kier molecular flexibility index (Phi) is 2.92. The molecule has 0 aliphatic rings. The number of aromatic carboxylic acids is 1. The van der Waals surface area contributed by atoms with Crippen LogP contribution in [-0.2, 0) is 15.9 Å². The smallest absolute Gasteiger partial charge is 0.496 e. The van der Waals surface area contributed by atoms with Gasteiger partial charge < -0.3 is 9.84 Å². The third-order valence-corrected chi connectivity index (χ3v) is 1.95. The quantitative estimate of drug-likeness (QED) is 0.742. The zero-order valence-electron chi connectivity index (χ0n) is 6.81. The van der Waals surface area contributed by atoms with Crippen molar-refractivity contribution in [3.05, 3.63) is 23.8 Å². The predicted octanol–water partition coefficient (Wildman–Crippen LogP) is 1.18. The van der Waals surface area contributed by atoms with Gasteiger partial charge in [0.2, 0.25) is 0 Å². The maximum absolute atomic E-state index is 10.6. The van der Waals surface area contributed by atoms with Crippen LogP contribution >= 0.6 is 0 Å². The van der Waals surface area contributed by atoms with E-state index in [0.29, 0.717) is 16.6 Å². The SMILES string of the molecule is COc1cc([S+]=O)ccc1C(=O)O. The van der Waals surface area contributed by atoms with Crippen molar-refractivity contribution in [3.63, 3.8) is 0 Å². The normalized spacial score (nSPS) is 9.31. The highest BCUT2D eigenvalue weighted by Crippen LogP contribution is 2.20. The van der Waals surface area contributed by atoms with Crippen molar-refractivity contribution in [2.24, 2.45) is 0 Å². The first-order valence-electron chi connectivity index (χ1n) is 3.40. The summed E-state index contributed by atoms with van der Waals surface area (Å²) in [5.74, 6) is -0.868. The minimum Gasteiger partial charge on any atom is -0.496 e. The molecule has 0 saturated heterocycles. The van der Waals surface area contributed by atoms with Crippen LogP contribution in [0, 0.1) is 0 Å². The first-order chi connectivity index (χ1) is 6.19. The monoisotopic (exact) mass is 199 g/mol. The number of ether oxygens (including phenoxy) is 1. The standard InChI is InChI=1S/C8H6O4S/c1-12-7-4-5(13-11)2-3-6(7)8(9)10/h2-4H,1H3/p+1. The molecule has 1 aromatic rings. The van der Waals surface area contributed by atoms with Gasteiger partial charge in [-0.3, -0.25) is 0 Å². The topological polar surface area (TPSA) is 63.6 Å². The number of hydrogen-bond donors (Lipinski definition) is 1. The Labute approximate surface area is 78.6 Å². The molecule has 1 rings (SSSR count). The molecule has 0 spiro atoms. The van der Waals surface area contributed by atoms with Crippen LogP contribution in [0.1, 0.15) is 10.4 Å². The van der Waals surface area contributed by atoms with E-state index in [1.807, 2.05) is 0 Å². The van der Waals surface area contributed by atoms with E-state index in [4.69, 9.17) is 9.84 Å². The Hall–Kier alpha value is -1.49. The third kappa shape index (κ3) is 2.00. The first kappa shape index (κ1) is 9.60. The van der Waals surface area contributed by atoms with Gasteiger partial charge in [-0.2, -0.15) is 0 Å². The molecule has 1 aromatic carbocycles. The van der Waals surface area contributed by atoms with Crippen molar-refractivity contribution in [2.45, 2.75) is 4.90 Å². The van der Waals surface area contributed by atoms with Gasteiger partial charge in [0.1, 0.15) is 11.3 Å². The van der Waals surface area contributed by atoms with Gasteiger partial charge in [-0.15, -0.1) is 0 Å². The summed E-state index contributed by atoms with van der Waals surface area (Å²) < 4.78 is 15.2. The van der Waals surface area contributed by atoms with E-state index in [1.165, 1.54) is 25.3 Å². The molecule has 0 unspecified atom stereocenters. The lowest BCUT2D eigenvalue weighted by Crippen LogP contribution is -2.00. The van der Waals surface area contributed by atoms with Gasteiger partial charge in [0.05, 0.1) is 13.2 Å². The summed E-state index contributed by atoms with van der Waals surface area (Å²) in [6.45, 7) is 0. The zero-order chi connectivity index (χ0) is 9.84. The molecule has 0 bridgehead atoms. The summed E-state index contributed by atoms with van der Waals surface area (Å²) in [6.07, 6.45) is 0. The maximum Gasteiger partial charge on any atom is 0.505 e. The fraction of sp³-hybridized carbons (Fsp3) is 0.125. The van der Waals surface area contributed by atoms with Gasteiger partial charge >= 0.3 is 17.6 Å². The molecule has 0 atom stereocenters. The maximum atomic E-state index is 10.6. The molecule has 68 valence electrons. The fourth-order valence-corrected chi connectivity index (χ4v) is 1.18. The Balaban J connectivity index is 3.23. The van der Waals surface area contributed by atoms with Gasteiger partial charge in [-0.25, -0.2) is 4.79 Å². The fourth-order valence-electron chi connectivity index (χ4n) is 0.900. The van der Waals surface area contributed by atoms with Crippen LogP contribution in [0.15, 0.2) is 23.1 Å². The van der Waals surface area contributed by atoms with Gasteiger partial charge in [-0.05, 0) is 6.07 Å². The summed E-state index contributed by atoms with van der Waals surface area (Å²) in [7, 11) is 1.36. The molecule has 0 fully saturated rings. The van der Waals surface area contributed by atoms with Crippen LogP contribution < -0.4 is 4.74 Å². The van der Waals surface area contributed by atoms with E-state index >= 15 is 0 Å². The number of carboxylic acids is 1. The van der Waals surface area contributed by atoms with Crippen LogP contribution in [0.4, 0.5) is 0 Å². The molecule has 0 radical (unpaired) electrons.